The van der Waals surface area contributed by atoms with Crippen molar-refractivity contribution in [2.24, 2.45) is 5.10 Å². The summed E-state index contributed by atoms with van der Waals surface area (Å²) in [5, 5.41) is 12.6. The number of benzene rings is 2. The minimum absolute atomic E-state index is 0.144. The zero-order valence-electron chi connectivity index (χ0n) is 13.3. The Kier molecular flexibility index (Phi) is 7.52. The first-order chi connectivity index (χ1) is 12.5. The average molecular weight is 575 g/mol. The molecule has 0 fully saturated rings. The second-order valence-electron chi connectivity index (χ2n) is 4.92. The van der Waals surface area contributed by atoms with Gasteiger partial charge in [-0.1, -0.05) is 12.7 Å². The Bertz CT molecular complexity index is 900. The fourth-order valence-corrected chi connectivity index (χ4v) is 4.06. The van der Waals surface area contributed by atoms with Crippen LogP contribution in [0.15, 0.2) is 48.1 Å². The van der Waals surface area contributed by atoms with E-state index in [1.165, 1.54) is 18.3 Å². The molecule has 0 aromatic heterocycles. The molecule has 0 aliphatic heterocycles. The molecule has 0 heterocycles. The normalized spacial score (nSPS) is 10.4. The summed E-state index contributed by atoms with van der Waals surface area (Å²) in [7, 11) is 0. The fraction of sp³-hybridized carbons (Fsp3) is 0.0556. The number of hydrogen-bond donors (Lipinski definition) is 1. The highest BCUT2D eigenvalue weighted by molar-refractivity contribution is 14.1. The molecule has 0 saturated heterocycles. The molecule has 0 bridgehead atoms. The molecule has 0 saturated carbocycles. The Hall–Kier alpha value is -2.00. The largest absolute Gasteiger partial charge is 0.487 e. The number of nitrogens with zero attached hydrogens (tertiary/aromatic N) is 2. The number of ether oxygens (including phenoxy) is 1. The zero-order chi connectivity index (χ0) is 19.1. The average Bonchev–Trinajstić information content (AvgIpc) is 2.60. The second-order valence-corrected chi connectivity index (χ2v) is 7.24. The van der Waals surface area contributed by atoms with Gasteiger partial charge in [0, 0.05) is 0 Å². The van der Waals surface area contributed by atoms with Crippen LogP contribution in [0.1, 0.15) is 21.5 Å². The third-order valence-corrected chi connectivity index (χ3v) is 4.69. The molecule has 132 valence electrons. The Labute approximate surface area is 177 Å². The van der Waals surface area contributed by atoms with E-state index in [0.29, 0.717) is 6.61 Å². The molecule has 1 amide bonds. The number of nitrogens with one attached hydrogen (secondary N) is 1. The lowest BCUT2D eigenvalue weighted by Gasteiger charge is -2.09. The maximum Gasteiger partial charge on any atom is 0.274 e. The van der Waals surface area contributed by atoms with Gasteiger partial charge >= 0.3 is 0 Å². The van der Waals surface area contributed by atoms with Crippen molar-refractivity contribution < 1.29 is 13.9 Å². The lowest BCUT2D eigenvalue weighted by molar-refractivity contribution is 0.0951. The number of hydrazone groups is 1. The van der Waals surface area contributed by atoms with Gasteiger partial charge in [0.05, 0.1) is 30.6 Å². The maximum absolute atomic E-state index is 13.8. The van der Waals surface area contributed by atoms with E-state index < -0.39 is 11.7 Å². The predicted molar refractivity (Wildman–Crippen MR) is 114 cm³/mol. The van der Waals surface area contributed by atoms with Crippen molar-refractivity contribution in [1.82, 2.24) is 5.43 Å². The van der Waals surface area contributed by atoms with Crippen LogP contribution in [0.4, 0.5) is 4.39 Å². The Morgan fingerprint density at radius 2 is 2.04 bits per heavy atom. The first-order valence-corrected chi connectivity index (χ1v) is 9.37. The molecule has 0 unspecified atom stereocenters. The summed E-state index contributed by atoms with van der Waals surface area (Å²) < 4.78 is 21.2. The summed E-state index contributed by atoms with van der Waals surface area (Å²) in [5.74, 6) is -0.713. The standard InChI is InChI=1S/C18H12FI2N3O2/c1-2-5-26-17-15(20)7-12(8-16(17)21)10-23-24-18(25)13-4-3-11(9-22)6-14(13)19/h2-4,6-8,10H,1,5H2,(H,24,25). The van der Waals surface area contributed by atoms with E-state index in [2.05, 4.69) is 62.3 Å². The molecule has 5 nitrogen and oxygen atoms in total. The Balaban J connectivity index is 2.10. The van der Waals surface area contributed by atoms with Gasteiger partial charge in [0.15, 0.2) is 0 Å². The van der Waals surface area contributed by atoms with Gasteiger partial charge in [0.2, 0.25) is 0 Å². The Morgan fingerprint density at radius 1 is 1.35 bits per heavy atom. The van der Waals surface area contributed by atoms with Crippen LogP contribution in [0.2, 0.25) is 0 Å². The summed E-state index contributed by atoms with van der Waals surface area (Å²) >= 11 is 4.30. The van der Waals surface area contributed by atoms with E-state index >= 15 is 0 Å². The summed E-state index contributed by atoms with van der Waals surface area (Å²) in [6.07, 6.45) is 3.13. The summed E-state index contributed by atoms with van der Waals surface area (Å²) in [6.45, 7) is 4.02. The summed E-state index contributed by atoms with van der Waals surface area (Å²) in [6, 6.07) is 9.12. The van der Waals surface area contributed by atoms with Gasteiger partial charge in [0.1, 0.15) is 18.2 Å². The molecule has 0 radical (unpaired) electrons. The third-order valence-electron chi connectivity index (χ3n) is 3.09. The van der Waals surface area contributed by atoms with Crippen LogP contribution in [-0.2, 0) is 0 Å². The van der Waals surface area contributed by atoms with Crippen molar-refractivity contribution in [3.63, 3.8) is 0 Å². The molecular weight excluding hydrogens is 563 g/mol. The number of carbonyl (C=O) groups is 1. The quantitative estimate of drug-likeness (QED) is 0.243. The number of amides is 1. The van der Waals surface area contributed by atoms with E-state index in [-0.39, 0.29) is 11.1 Å². The van der Waals surface area contributed by atoms with Gasteiger partial charge in [-0.05, 0) is 81.1 Å². The van der Waals surface area contributed by atoms with Gasteiger partial charge < -0.3 is 4.74 Å². The molecule has 0 spiro atoms. The first-order valence-electron chi connectivity index (χ1n) is 7.22. The van der Waals surface area contributed by atoms with Gasteiger partial charge in [-0.25, -0.2) is 9.82 Å². The molecule has 8 heteroatoms. The lowest BCUT2D eigenvalue weighted by Crippen LogP contribution is -2.19. The van der Waals surface area contributed by atoms with Gasteiger partial charge in [-0.2, -0.15) is 10.4 Å². The molecule has 0 atom stereocenters. The van der Waals surface area contributed by atoms with Crippen LogP contribution in [0.3, 0.4) is 0 Å². The highest BCUT2D eigenvalue weighted by Gasteiger charge is 2.12. The highest BCUT2D eigenvalue weighted by Crippen LogP contribution is 2.28. The predicted octanol–water partition coefficient (Wildman–Crippen LogP) is 4.24. The van der Waals surface area contributed by atoms with Crippen molar-refractivity contribution in [3.8, 4) is 11.8 Å². The molecule has 0 aliphatic rings. The SMILES string of the molecule is C=CCOc1c(I)cc(C=NNC(=O)c2ccc(C#N)cc2F)cc1I. The van der Waals surface area contributed by atoms with Crippen LogP contribution in [-0.4, -0.2) is 18.7 Å². The van der Waals surface area contributed by atoms with Crippen LogP contribution in [0.25, 0.3) is 0 Å². The highest BCUT2D eigenvalue weighted by atomic mass is 127. The molecule has 2 rings (SSSR count). The molecule has 1 N–H and O–H groups in total. The number of halogens is 3. The second kappa shape index (κ2) is 9.63. The van der Waals surface area contributed by atoms with Crippen LogP contribution < -0.4 is 10.2 Å². The number of hydrogen-bond acceptors (Lipinski definition) is 4. The third kappa shape index (κ3) is 5.25. The summed E-state index contributed by atoms with van der Waals surface area (Å²) in [4.78, 5) is 12.0. The minimum atomic E-state index is -0.774. The topological polar surface area (TPSA) is 74.5 Å². The molecule has 2 aromatic carbocycles. The van der Waals surface area contributed by atoms with Crippen molar-refractivity contribution in [2.75, 3.05) is 6.61 Å². The van der Waals surface area contributed by atoms with E-state index in [4.69, 9.17) is 10.00 Å². The van der Waals surface area contributed by atoms with Gasteiger partial charge in [0.25, 0.3) is 5.91 Å². The number of rotatable bonds is 6. The maximum atomic E-state index is 13.8. The number of nitriles is 1. The smallest absolute Gasteiger partial charge is 0.274 e. The monoisotopic (exact) mass is 575 g/mol. The van der Waals surface area contributed by atoms with Crippen LogP contribution >= 0.6 is 45.2 Å². The van der Waals surface area contributed by atoms with Crippen molar-refractivity contribution in [3.05, 3.63) is 72.6 Å². The first kappa shape index (κ1) is 20.3. The van der Waals surface area contributed by atoms with Crippen molar-refractivity contribution >= 4 is 57.3 Å². The van der Waals surface area contributed by atoms with Crippen molar-refractivity contribution in [1.29, 1.82) is 5.26 Å². The number of carbonyl (C=O) groups excluding carboxylic acids is 1. The van der Waals surface area contributed by atoms with Gasteiger partial charge in [-0.3, -0.25) is 4.79 Å². The molecule has 0 aliphatic carbocycles. The fourth-order valence-electron chi connectivity index (χ4n) is 1.93. The molecule has 26 heavy (non-hydrogen) atoms. The molecular formula is C18H12FI2N3O2. The van der Waals surface area contributed by atoms with Gasteiger partial charge in [-0.15, -0.1) is 0 Å². The zero-order valence-corrected chi connectivity index (χ0v) is 17.6. The summed E-state index contributed by atoms with van der Waals surface area (Å²) in [5.41, 5.74) is 2.99. The van der Waals surface area contributed by atoms with Crippen molar-refractivity contribution in [2.45, 2.75) is 0 Å². The van der Waals surface area contributed by atoms with E-state index in [9.17, 15) is 9.18 Å². The van der Waals surface area contributed by atoms with E-state index in [1.807, 2.05) is 18.2 Å². The van der Waals surface area contributed by atoms with E-state index in [0.717, 1.165) is 24.5 Å². The van der Waals surface area contributed by atoms with Crippen LogP contribution in [0, 0.1) is 24.3 Å². The van der Waals surface area contributed by atoms with Crippen LogP contribution in [0.5, 0.6) is 5.75 Å². The van der Waals surface area contributed by atoms with E-state index in [1.54, 1.807) is 6.08 Å². The molecule has 2 aromatic rings. The Morgan fingerprint density at radius 3 is 2.62 bits per heavy atom. The minimum Gasteiger partial charge on any atom is -0.487 e. The lowest BCUT2D eigenvalue weighted by atomic mass is 10.1.